The van der Waals surface area contributed by atoms with Crippen LogP contribution in [0.25, 0.3) is 10.4 Å². The highest BCUT2D eigenvalue weighted by Gasteiger charge is 2.30. The number of H-pyrrole nitrogens is 1. The van der Waals surface area contributed by atoms with Gasteiger partial charge in [0, 0.05) is 47.9 Å². The van der Waals surface area contributed by atoms with Gasteiger partial charge in [0.2, 0.25) is 0 Å². The molecule has 2 aliphatic heterocycles. The molecule has 0 saturated carbocycles. The maximum Gasteiger partial charge on any atom is 0.252 e. The number of nitrogens with one attached hydrogen (secondary N) is 1. The van der Waals surface area contributed by atoms with Crippen molar-refractivity contribution in [3.63, 3.8) is 0 Å². The van der Waals surface area contributed by atoms with Crippen LogP contribution in [0.4, 0.5) is 0 Å². The number of allylic oxidation sites excluding steroid dienone is 2. The summed E-state index contributed by atoms with van der Waals surface area (Å²) in [4.78, 5) is 18.1. The van der Waals surface area contributed by atoms with Crippen molar-refractivity contribution < 1.29 is 8.42 Å². The van der Waals surface area contributed by atoms with E-state index in [0.717, 1.165) is 48.5 Å². The maximum absolute atomic E-state index is 13.3. The number of aryl methyl sites for hydroxylation is 2. The number of aromatic amines is 1. The third kappa shape index (κ3) is 6.34. The molecule has 188 valence electrons. The second-order valence-corrected chi connectivity index (χ2v) is 11.8. The highest BCUT2D eigenvalue weighted by atomic mass is 35.5. The number of halogens is 2. The SMILES string of the molecule is CCc1cc(-c2ccc(S(=O)(=O)N3CCC(CCN4C=CC=CC4)CC3)s2)c(C)[nH]c1=O.Cl.Cl. The Labute approximate surface area is 218 Å². The van der Waals surface area contributed by atoms with Crippen molar-refractivity contribution in [2.24, 2.45) is 5.92 Å². The molecule has 1 saturated heterocycles. The molecule has 0 bridgehead atoms. The average molecular weight is 547 g/mol. The first kappa shape index (κ1) is 28.7. The Morgan fingerprint density at radius 1 is 1.15 bits per heavy atom. The smallest absolute Gasteiger partial charge is 0.252 e. The third-order valence-electron chi connectivity index (χ3n) is 6.42. The van der Waals surface area contributed by atoms with E-state index in [-0.39, 0.29) is 30.4 Å². The van der Waals surface area contributed by atoms with E-state index < -0.39 is 10.0 Å². The summed E-state index contributed by atoms with van der Waals surface area (Å²) < 4.78 is 28.5. The van der Waals surface area contributed by atoms with Gasteiger partial charge in [-0.25, -0.2) is 8.42 Å². The van der Waals surface area contributed by atoms with Crippen molar-refractivity contribution in [3.8, 4) is 10.4 Å². The van der Waals surface area contributed by atoms with E-state index in [1.807, 2.05) is 26.0 Å². The number of hydrogen-bond donors (Lipinski definition) is 1. The number of sulfonamides is 1. The molecule has 4 heterocycles. The van der Waals surface area contributed by atoms with Crippen molar-refractivity contribution in [1.29, 1.82) is 0 Å². The lowest BCUT2D eigenvalue weighted by Crippen LogP contribution is -2.38. The molecule has 0 aromatic carbocycles. The van der Waals surface area contributed by atoms with E-state index >= 15 is 0 Å². The van der Waals surface area contributed by atoms with Gasteiger partial charge in [-0.3, -0.25) is 4.79 Å². The fourth-order valence-electron chi connectivity index (χ4n) is 4.37. The Hall–Kier alpha value is -1.58. The van der Waals surface area contributed by atoms with Gasteiger partial charge in [0.25, 0.3) is 15.6 Å². The van der Waals surface area contributed by atoms with Crippen LogP contribution in [0.3, 0.4) is 0 Å². The average Bonchev–Trinajstić information content (AvgIpc) is 3.30. The first-order chi connectivity index (χ1) is 15.4. The second-order valence-electron chi connectivity index (χ2n) is 8.54. The summed E-state index contributed by atoms with van der Waals surface area (Å²) in [5.41, 5.74) is 2.29. The Bertz CT molecular complexity index is 1180. The van der Waals surface area contributed by atoms with E-state index in [0.29, 0.717) is 35.2 Å². The zero-order valence-corrected chi connectivity index (χ0v) is 22.8. The van der Waals surface area contributed by atoms with Crippen molar-refractivity contribution in [1.82, 2.24) is 14.2 Å². The molecule has 0 aliphatic carbocycles. The lowest BCUT2D eigenvalue weighted by Gasteiger charge is -2.32. The zero-order chi connectivity index (χ0) is 22.7. The summed E-state index contributed by atoms with van der Waals surface area (Å²) in [5, 5.41) is 0. The molecule has 2 aliphatic rings. The van der Waals surface area contributed by atoms with Crippen molar-refractivity contribution in [2.75, 3.05) is 26.2 Å². The fraction of sp³-hybridized carbons (Fsp3) is 0.458. The van der Waals surface area contributed by atoms with Crippen LogP contribution in [0, 0.1) is 12.8 Å². The minimum atomic E-state index is -3.50. The summed E-state index contributed by atoms with van der Waals surface area (Å²) in [5.74, 6) is 0.566. The molecule has 0 amide bonds. The van der Waals surface area contributed by atoms with Crippen LogP contribution in [-0.2, 0) is 16.4 Å². The molecule has 1 fully saturated rings. The maximum atomic E-state index is 13.3. The summed E-state index contributed by atoms with van der Waals surface area (Å²) >= 11 is 1.28. The van der Waals surface area contributed by atoms with Crippen LogP contribution in [-0.4, -0.2) is 48.8 Å². The standard InChI is InChI=1S/C24H31N3O3S2.2ClH/c1-3-20-17-21(18(2)25-24(20)28)22-7-8-23(31-22)32(29,30)27-15-10-19(11-16-27)9-14-26-12-5-4-6-13-26;;/h4-8,12,17,19H,3,9-11,13-16H2,1-2H3,(H,25,28);2*1H. The Morgan fingerprint density at radius 3 is 2.53 bits per heavy atom. The van der Waals surface area contributed by atoms with Gasteiger partial charge in [0.05, 0.1) is 0 Å². The fourth-order valence-corrected chi connectivity index (χ4v) is 7.38. The highest BCUT2D eigenvalue weighted by molar-refractivity contribution is 7.91. The van der Waals surface area contributed by atoms with Crippen molar-refractivity contribution >= 4 is 46.2 Å². The third-order valence-corrected chi connectivity index (χ3v) is 9.90. The van der Waals surface area contributed by atoms with Crippen LogP contribution in [0.5, 0.6) is 0 Å². The van der Waals surface area contributed by atoms with Gasteiger partial charge in [-0.1, -0.05) is 19.1 Å². The number of rotatable bonds is 7. The quantitative estimate of drug-likeness (QED) is 0.531. The van der Waals surface area contributed by atoms with E-state index in [1.54, 1.807) is 10.4 Å². The number of piperidine rings is 1. The molecule has 1 N–H and O–H groups in total. The topological polar surface area (TPSA) is 73.5 Å². The van der Waals surface area contributed by atoms with E-state index in [2.05, 4.69) is 34.3 Å². The lowest BCUT2D eigenvalue weighted by molar-refractivity contribution is 0.245. The van der Waals surface area contributed by atoms with E-state index in [1.165, 1.54) is 11.3 Å². The van der Waals surface area contributed by atoms with Gasteiger partial charge in [0.1, 0.15) is 4.21 Å². The largest absolute Gasteiger partial charge is 0.374 e. The molecule has 0 radical (unpaired) electrons. The van der Waals surface area contributed by atoms with Gasteiger partial charge in [-0.05, 0) is 69.0 Å². The molecular formula is C24H33Cl2N3O3S2. The monoisotopic (exact) mass is 545 g/mol. The van der Waals surface area contributed by atoms with E-state index in [4.69, 9.17) is 0 Å². The molecule has 0 atom stereocenters. The molecular weight excluding hydrogens is 513 g/mol. The van der Waals surface area contributed by atoms with Crippen LogP contribution in [0.2, 0.25) is 0 Å². The molecule has 0 spiro atoms. The van der Waals surface area contributed by atoms with E-state index in [9.17, 15) is 13.2 Å². The minimum absolute atomic E-state index is 0. The Morgan fingerprint density at radius 2 is 1.88 bits per heavy atom. The molecule has 6 nitrogen and oxygen atoms in total. The Kier molecular flexibility index (Phi) is 10.5. The van der Waals surface area contributed by atoms with Crippen LogP contribution >= 0.6 is 36.2 Å². The molecule has 34 heavy (non-hydrogen) atoms. The summed E-state index contributed by atoms with van der Waals surface area (Å²) in [6, 6.07) is 5.44. The van der Waals surface area contributed by atoms with Gasteiger partial charge in [0.15, 0.2) is 0 Å². The van der Waals surface area contributed by atoms with Crippen LogP contribution in [0.1, 0.15) is 37.4 Å². The number of hydrogen-bond acceptors (Lipinski definition) is 5. The normalized spacial score (nSPS) is 16.8. The summed E-state index contributed by atoms with van der Waals surface area (Å²) in [7, 11) is -3.50. The first-order valence-electron chi connectivity index (χ1n) is 11.3. The molecule has 2 aromatic heterocycles. The predicted molar refractivity (Wildman–Crippen MR) is 145 cm³/mol. The molecule has 2 aromatic rings. The Balaban J connectivity index is 0.00000204. The number of thiophene rings is 1. The highest BCUT2D eigenvalue weighted by Crippen LogP contribution is 2.35. The number of pyridine rings is 1. The van der Waals surface area contributed by atoms with Gasteiger partial charge >= 0.3 is 0 Å². The summed E-state index contributed by atoms with van der Waals surface area (Å²) in [6.07, 6.45) is 12.0. The molecule has 0 unspecified atom stereocenters. The number of nitrogens with zero attached hydrogens (tertiary/aromatic N) is 2. The van der Waals surface area contributed by atoms with Crippen LogP contribution in [0.15, 0.2) is 51.6 Å². The van der Waals surface area contributed by atoms with Gasteiger partial charge in [-0.15, -0.1) is 36.2 Å². The first-order valence-corrected chi connectivity index (χ1v) is 13.5. The van der Waals surface area contributed by atoms with Crippen molar-refractivity contribution in [3.05, 3.63) is 64.2 Å². The van der Waals surface area contributed by atoms with Crippen molar-refractivity contribution in [2.45, 2.75) is 43.7 Å². The number of aromatic nitrogens is 1. The van der Waals surface area contributed by atoms with Gasteiger partial charge < -0.3 is 9.88 Å². The second kappa shape index (κ2) is 12.4. The minimum Gasteiger partial charge on any atom is -0.374 e. The molecule has 10 heteroatoms. The van der Waals surface area contributed by atoms with Crippen LogP contribution < -0.4 is 5.56 Å². The lowest BCUT2D eigenvalue weighted by atomic mass is 9.94. The summed E-state index contributed by atoms with van der Waals surface area (Å²) in [6.45, 7) is 6.92. The molecule has 4 rings (SSSR count). The predicted octanol–water partition coefficient (Wildman–Crippen LogP) is 4.99. The zero-order valence-electron chi connectivity index (χ0n) is 19.5. The van der Waals surface area contributed by atoms with Gasteiger partial charge in [-0.2, -0.15) is 4.31 Å².